The van der Waals surface area contributed by atoms with Crippen molar-refractivity contribution in [2.75, 3.05) is 13.7 Å². The van der Waals surface area contributed by atoms with Gasteiger partial charge in [-0.3, -0.25) is 0 Å². The molecule has 1 aliphatic heterocycles. The highest BCUT2D eigenvalue weighted by Crippen LogP contribution is 2.31. The summed E-state index contributed by atoms with van der Waals surface area (Å²) < 4.78 is 7.81. The molecule has 0 saturated heterocycles. The van der Waals surface area contributed by atoms with Gasteiger partial charge in [-0.2, -0.15) is 0 Å². The van der Waals surface area contributed by atoms with E-state index in [2.05, 4.69) is 29.1 Å². The number of methoxy groups -OCH3 is 1. The van der Waals surface area contributed by atoms with Crippen molar-refractivity contribution in [2.45, 2.75) is 38.8 Å². The molecule has 4 heteroatoms. The van der Waals surface area contributed by atoms with E-state index in [1.54, 1.807) is 7.11 Å². The van der Waals surface area contributed by atoms with Crippen LogP contribution in [0.2, 0.25) is 0 Å². The Labute approximate surface area is 126 Å². The molecule has 0 fully saturated rings. The normalized spacial score (nSPS) is 17.5. The lowest BCUT2D eigenvalue weighted by Gasteiger charge is -2.25. The van der Waals surface area contributed by atoms with Crippen molar-refractivity contribution >= 4 is 0 Å². The molecule has 1 aromatic carbocycles. The minimum absolute atomic E-state index is 0.518. The number of nitrogens with one attached hydrogen (secondary N) is 1. The van der Waals surface area contributed by atoms with E-state index in [0.717, 1.165) is 35.9 Å². The van der Waals surface area contributed by atoms with Crippen molar-refractivity contribution in [1.29, 1.82) is 0 Å². The molecule has 21 heavy (non-hydrogen) atoms. The Kier molecular flexibility index (Phi) is 4.25. The van der Waals surface area contributed by atoms with Crippen molar-refractivity contribution in [3.63, 3.8) is 0 Å². The molecule has 4 nitrogen and oxygen atoms in total. The van der Waals surface area contributed by atoms with Gasteiger partial charge in [-0.05, 0) is 18.6 Å². The van der Waals surface area contributed by atoms with Gasteiger partial charge in [0.2, 0.25) is 0 Å². The maximum Gasteiger partial charge on any atom is 0.128 e. The second-order valence-corrected chi connectivity index (χ2v) is 5.58. The van der Waals surface area contributed by atoms with E-state index < -0.39 is 0 Å². The number of ether oxygens (including phenoxy) is 1. The molecular formula is C17H23N3O. The number of imidazole rings is 1. The van der Waals surface area contributed by atoms with Crippen LogP contribution in [-0.2, 0) is 6.54 Å². The lowest BCUT2D eigenvalue weighted by atomic mass is 10.1. The molecule has 1 aliphatic rings. The molecule has 3 rings (SSSR count). The van der Waals surface area contributed by atoms with Crippen LogP contribution in [0.5, 0.6) is 5.75 Å². The second-order valence-electron chi connectivity index (χ2n) is 5.58. The molecule has 1 unspecified atom stereocenters. The Bertz CT molecular complexity index is 606. The van der Waals surface area contributed by atoms with Gasteiger partial charge < -0.3 is 14.6 Å². The zero-order valence-electron chi connectivity index (χ0n) is 12.8. The first-order valence-corrected chi connectivity index (χ1v) is 7.75. The van der Waals surface area contributed by atoms with Crippen LogP contribution in [0.25, 0.3) is 11.3 Å². The largest absolute Gasteiger partial charge is 0.496 e. The van der Waals surface area contributed by atoms with Gasteiger partial charge in [0, 0.05) is 24.3 Å². The molecule has 0 radical (unpaired) electrons. The number of rotatable bonds is 5. The van der Waals surface area contributed by atoms with Crippen LogP contribution in [0.3, 0.4) is 0 Å². The molecule has 0 spiro atoms. The van der Waals surface area contributed by atoms with Crippen LogP contribution < -0.4 is 10.1 Å². The molecule has 1 aromatic heterocycles. The second kappa shape index (κ2) is 6.31. The van der Waals surface area contributed by atoms with Crippen LogP contribution in [0.4, 0.5) is 0 Å². The predicted molar refractivity (Wildman–Crippen MR) is 84.5 cm³/mol. The van der Waals surface area contributed by atoms with E-state index in [1.165, 1.54) is 19.3 Å². The van der Waals surface area contributed by atoms with Gasteiger partial charge in [-0.25, -0.2) is 4.98 Å². The molecule has 0 aliphatic carbocycles. The highest BCUT2D eigenvalue weighted by atomic mass is 16.5. The maximum atomic E-state index is 5.46. The first kappa shape index (κ1) is 14.1. The van der Waals surface area contributed by atoms with Crippen molar-refractivity contribution in [3.05, 3.63) is 36.3 Å². The summed E-state index contributed by atoms with van der Waals surface area (Å²) in [5.74, 6) is 2.01. The minimum Gasteiger partial charge on any atom is -0.496 e. The summed E-state index contributed by atoms with van der Waals surface area (Å²) >= 11 is 0. The highest BCUT2D eigenvalue weighted by Gasteiger charge is 2.22. The van der Waals surface area contributed by atoms with Crippen LogP contribution in [-0.4, -0.2) is 23.2 Å². The van der Waals surface area contributed by atoms with Gasteiger partial charge in [-0.1, -0.05) is 31.9 Å². The summed E-state index contributed by atoms with van der Waals surface area (Å²) in [7, 11) is 1.71. The number of para-hydroxylation sites is 1. The molecular weight excluding hydrogens is 262 g/mol. The molecule has 0 saturated carbocycles. The van der Waals surface area contributed by atoms with Gasteiger partial charge in [0.05, 0.1) is 19.3 Å². The average Bonchev–Trinajstić information content (AvgIpc) is 2.97. The summed E-state index contributed by atoms with van der Waals surface area (Å²) in [6.07, 6.45) is 5.89. The first-order valence-electron chi connectivity index (χ1n) is 7.75. The fourth-order valence-corrected chi connectivity index (χ4v) is 2.99. The molecule has 0 amide bonds. The molecule has 2 heterocycles. The summed E-state index contributed by atoms with van der Waals surface area (Å²) in [5.41, 5.74) is 2.07. The average molecular weight is 285 g/mol. The van der Waals surface area contributed by atoms with Crippen LogP contribution >= 0.6 is 0 Å². The molecule has 1 N–H and O–H groups in total. The zero-order valence-corrected chi connectivity index (χ0v) is 12.8. The minimum atomic E-state index is 0.518. The molecule has 1 atom stereocenters. The van der Waals surface area contributed by atoms with Gasteiger partial charge in [0.15, 0.2) is 0 Å². The smallest absolute Gasteiger partial charge is 0.128 e. The third-order valence-electron chi connectivity index (χ3n) is 4.14. The quantitative estimate of drug-likeness (QED) is 0.915. The van der Waals surface area contributed by atoms with Gasteiger partial charge in [-0.15, -0.1) is 0 Å². The van der Waals surface area contributed by atoms with Crippen LogP contribution in [0.15, 0.2) is 30.5 Å². The van der Waals surface area contributed by atoms with E-state index in [4.69, 9.17) is 9.72 Å². The highest BCUT2D eigenvalue weighted by molar-refractivity contribution is 5.66. The maximum absolute atomic E-state index is 5.46. The van der Waals surface area contributed by atoms with Gasteiger partial charge in [0.25, 0.3) is 0 Å². The third-order valence-corrected chi connectivity index (χ3v) is 4.14. The Morgan fingerprint density at radius 1 is 1.38 bits per heavy atom. The monoisotopic (exact) mass is 285 g/mol. The molecule has 112 valence electrons. The lowest BCUT2D eigenvalue weighted by molar-refractivity contribution is 0.367. The summed E-state index contributed by atoms with van der Waals surface area (Å²) in [6.45, 7) is 4.12. The van der Waals surface area contributed by atoms with E-state index >= 15 is 0 Å². The van der Waals surface area contributed by atoms with E-state index in [1.807, 2.05) is 18.2 Å². The summed E-state index contributed by atoms with van der Waals surface area (Å²) in [4.78, 5) is 4.81. The molecule has 0 bridgehead atoms. The fourth-order valence-electron chi connectivity index (χ4n) is 2.99. The summed E-state index contributed by atoms with van der Waals surface area (Å²) in [6, 6.07) is 8.60. The van der Waals surface area contributed by atoms with Crippen LogP contribution in [0, 0.1) is 0 Å². The number of aromatic nitrogens is 2. The number of hydrogen-bond donors (Lipinski definition) is 1. The van der Waals surface area contributed by atoms with Crippen molar-refractivity contribution < 1.29 is 4.74 Å². The van der Waals surface area contributed by atoms with Crippen molar-refractivity contribution in [3.8, 4) is 17.0 Å². The van der Waals surface area contributed by atoms with Crippen molar-refractivity contribution in [1.82, 2.24) is 14.9 Å². The summed E-state index contributed by atoms with van der Waals surface area (Å²) in [5, 5.41) is 3.48. The number of benzene rings is 1. The number of fused-ring (bicyclic) bond motifs is 1. The van der Waals surface area contributed by atoms with E-state index in [9.17, 15) is 0 Å². The number of unbranched alkanes of at least 4 members (excludes halogenated alkanes) is 1. The van der Waals surface area contributed by atoms with Gasteiger partial charge in [0.1, 0.15) is 11.6 Å². The Morgan fingerprint density at radius 2 is 2.24 bits per heavy atom. The first-order chi connectivity index (χ1) is 10.3. The van der Waals surface area contributed by atoms with E-state index in [-0.39, 0.29) is 0 Å². The van der Waals surface area contributed by atoms with Crippen LogP contribution in [0.1, 0.15) is 38.1 Å². The standard InChI is InChI=1S/C17H23N3O/c1-3-4-7-13-10-18-11-17-19-15(12-20(13)17)14-8-5-6-9-16(14)21-2/h5-6,8-9,12-13,18H,3-4,7,10-11H2,1-2H3. The topological polar surface area (TPSA) is 39.1 Å². The number of hydrogen-bond acceptors (Lipinski definition) is 3. The number of nitrogens with zero attached hydrogens (tertiary/aromatic N) is 2. The van der Waals surface area contributed by atoms with Gasteiger partial charge >= 0.3 is 0 Å². The van der Waals surface area contributed by atoms with E-state index in [0.29, 0.717) is 6.04 Å². The third kappa shape index (κ3) is 2.81. The Balaban J connectivity index is 1.94. The SMILES string of the molecule is CCCCC1CNCc2nc(-c3ccccc3OC)cn21. The van der Waals surface area contributed by atoms with Crippen molar-refractivity contribution in [2.24, 2.45) is 0 Å². The fraction of sp³-hybridized carbons (Fsp3) is 0.471. The lowest BCUT2D eigenvalue weighted by Crippen LogP contribution is -2.32. The Hall–Kier alpha value is -1.81. The zero-order chi connectivity index (χ0) is 14.7. The predicted octanol–water partition coefficient (Wildman–Crippen LogP) is 3.39. The molecule has 2 aromatic rings. The Morgan fingerprint density at radius 3 is 3.05 bits per heavy atom.